The van der Waals surface area contributed by atoms with Crippen LogP contribution in [0.25, 0.3) is 11.3 Å². The summed E-state index contributed by atoms with van der Waals surface area (Å²) in [7, 11) is 0. The predicted octanol–water partition coefficient (Wildman–Crippen LogP) is 2.69. The zero-order valence-corrected chi connectivity index (χ0v) is 15.4. The summed E-state index contributed by atoms with van der Waals surface area (Å²) in [6.45, 7) is 5.14. The molecule has 2 aromatic rings. The number of carbonyl (C=O) groups excluding carboxylic acids is 2. The number of thiazole rings is 1. The van der Waals surface area contributed by atoms with E-state index in [0.717, 1.165) is 34.0 Å². The van der Waals surface area contributed by atoms with Gasteiger partial charge in [-0.05, 0) is 26.7 Å². The van der Waals surface area contributed by atoms with Crippen LogP contribution >= 0.6 is 11.3 Å². The summed E-state index contributed by atoms with van der Waals surface area (Å²) < 4.78 is 0. The highest BCUT2D eigenvalue weighted by atomic mass is 32.1. The Morgan fingerprint density at radius 1 is 1.28 bits per heavy atom. The summed E-state index contributed by atoms with van der Waals surface area (Å²) >= 11 is 1.56. The number of carbonyl (C=O) groups is 2. The van der Waals surface area contributed by atoms with E-state index in [4.69, 9.17) is 5.73 Å². The Morgan fingerprint density at radius 3 is 2.68 bits per heavy atom. The van der Waals surface area contributed by atoms with Gasteiger partial charge in [-0.3, -0.25) is 9.59 Å². The second-order valence-corrected chi connectivity index (χ2v) is 7.92. The molecule has 1 aromatic heterocycles. The molecular weight excluding hydrogens is 334 g/mol. The Hall–Kier alpha value is -2.21. The Balaban J connectivity index is 1.77. The summed E-state index contributed by atoms with van der Waals surface area (Å²) in [5, 5.41) is 0.951. The third-order valence-corrected chi connectivity index (χ3v) is 5.59. The van der Waals surface area contributed by atoms with Gasteiger partial charge in [0.15, 0.2) is 0 Å². The third kappa shape index (κ3) is 4.07. The molecule has 5 nitrogen and oxygen atoms in total. The molecule has 1 saturated heterocycles. The van der Waals surface area contributed by atoms with Gasteiger partial charge >= 0.3 is 0 Å². The van der Waals surface area contributed by atoms with Crippen molar-refractivity contribution in [1.29, 1.82) is 0 Å². The van der Waals surface area contributed by atoms with E-state index in [0.29, 0.717) is 19.5 Å². The highest BCUT2D eigenvalue weighted by Gasteiger charge is 2.27. The standard InChI is InChI=1S/C19H23N3O2S/c1-12-5-7-14(8-6-12)18-16(25-13(2)21-18)10-17(23)22-9-3-4-15(11-22)19(20)24/h5-8,15H,3-4,9-11H2,1-2H3,(H2,20,24). The van der Waals surface area contributed by atoms with Crippen LogP contribution in [-0.4, -0.2) is 34.8 Å². The number of amides is 2. The first-order chi connectivity index (χ1) is 11.9. The lowest BCUT2D eigenvalue weighted by Crippen LogP contribution is -2.44. The number of piperidine rings is 1. The second-order valence-electron chi connectivity index (χ2n) is 6.63. The van der Waals surface area contributed by atoms with Crippen molar-refractivity contribution in [3.8, 4) is 11.3 Å². The zero-order chi connectivity index (χ0) is 18.0. The predicted molar refractivity (Wildman–Crippen MR) is 99.2 cm³/mol. The number of benzene rings is 1. The first-order valence-corrected chi connectivity index (χ1v) is 9.36. The number of rotatable bonds is 4. The van der Waals surface area contributed by atoms with Gasteiger partial charge in [0.1, 0.15) is 0 Å². The first-order valence-electron chi connectivity index (χ1n) is 8.54. The lowest BCUT2D eigenvalue weighted by molar-refractivity contribution is -0.134. The maximum atomic E-state index is 12.7. The molecule has 1 fully saturated rings. The van der Waals surface area contributed by atoms with Gasteiger partial charge in [0.05, 0.1) is 23.0 Å². The maximum Gasteiger partial charge on any atom is 0.227 e. The van der Waals surface area contributed by atoms with Crippen LogP contribution in [0.15, 0.2) is 24.3 Å². The van der Waals surface area contributed by atoms with Crippen LogP contribution < -0.4 is 5.73 Å². The minimum atomic E-state index is -0.313. The van der Waals surface area contributed by atoms with Crippen LogP contribution in [0.4, 0.5) is 0 Å². The van der Waals surface area contributed by atoms with E-state index in [-0.39, 0.29) is 17.7 Å². The molecule has 25 heavy (non-hydrogen) atoms. The van der Waals surface area contributed by atoms with Crippen molar-refractivity contribution in [2.24, 2.45) is 11.7 Å². The number of likely N-dealkylation sites (tertiary alicyclic amines) is 1. The Labute approximate surface area is 151 Å². The SMILES string of the molecule is Cc1ccc(-c2nc(C)sc2CC(=O)N2CCCC(C(N)=O)C2)cc1. The second kappa shape index (κ2) is 7.35. The first kappa shape index (κ1) is 17.6. The molecule has 132 valence electrons. The molecule has 1 aliphatic rings. The summed E-state index contributed by atoms with van der Waals surface area (Å²) in [4.78, 5) is 31.5. The molecule has 2 amide bonds. The smallest absolute Gasteiger partial charge is 0.227 e. The van der Waals surface area contributed by atoms with Gasteiger partial charge < -0.3 is 10.6 Å². The van der Waals surface area contributed by atoms with Crippen molar-refractivity contribution in [3.63, 3.8) is 0 Å². The van der Waals surface area contributed by atoms with Crippen molar-refractivity contribution in [2.45, 2.75) is 33.1 Å². The highest BCUT2D eigenvalue weighted by molar-refractivity contribution is 7.12. The lowest BCUT2D eigenvalue weighted by Gasteiger charge is -2.31. The van der Waals surface area contributed by atoms with Gasteiger partial charge in [0.2, 0.25) is 11.8 Å². The molecule has 1 unspecified atom stereocenters. The average molecular weight is 357 g/mol. The van der Waals surface area contributed by atoms with E-state index in [9.17, 15) is 9.59 Å². The number of hydrogen-bond donors (Lipinski definition) is 1. The molecule has 1 atom stereocenters. The lowest BCUT2D eigenvalue weighted by atomic mass is 9.97. The Bertz CT molecular complexity index is 782. The van der Waals surface area contributed by atoms with Gasteiger partial charge in [-0.2, -0.15) is 0 Å². The number of aromatic nitrogens is 1. The van der Waals surface area contributed by atoms with E-state index >= 15 is 0 Å². The zero-order valence-electron chi connectivity index (χ0n) is 14.6. The van der Waals surface area contributed by atoms with Crippen LogP contribution in [0, 0.1) is 19.8 Å². The summed E-state index contributed by atoms with van der Waals surface area (Å²) in [5.74, 6) is -0.494. The van der Waals surface area contributed by atoms with Crippen molar-refractivity contribution in [2.75, 3.05) is 13.1 Å². The fourth-order valence-corrected chi connectivity index (χ4v) is 4.16. The topological polar surface area (TPSA) is 76.3 Å². The largest absolute Gasteiger partial charge is 0.369 e. The molecule has 1 aromatic carbocycles. The fraction of sp³-hybridized carbons (Fsp3) is 0.421. The number of nitrogens with zero attached hydrogens (tertiary/aromatic N) is 2. The quantitative estimate of drug-likeness (QED) is 0.914. The molecule has 6 heteroatoms. The summed E-state index contributed by atoms with van der Waals surface area (Å²) in [5.41, 5.74) is 8.53. The fourth-order valence-electron chi connectivity index (χ4n) is 3.21. The number of aryl methyl sites for hydroxylation is 2. The van der Waals surface area contributed by atoms with E-state index in [2.05, 4.69) is 17.1 Å². The average Bonchev–Trinajstić information content (AvgIpc) is 2.96. The molecule has 0 bridgehead atoms. The van der Waals surface area contributed by atoms with Crippen LogP contribution in [0.5, 0.6) is 0 Å². The molecular formula is C19H23N3O2S. The van der Waals surface area contributed by atoms with Crippen molar-refractivity contribution < 1.29 is 9.59 Å². The van der Waals surface area contributed by atoms with Crippen LogP contribution in [0.1, 0.15) is 28.3 Å². The number of primary amides is 1. The maximum absolute atomic E-state index is 12.7. The highest BCUT2D eigenvalue weighted by Crippen LogP contribution is 2.29. The van der Waals surface area contributed by atoms with Gasteiger partial charge in [0.25, 0.3) is 0 Å². The van der Waals surface area contributed by atoms with Crippen molar-refractivity contribution in [1.82, 2.24) is 9.88 Å². The van der Waals surface area contributed by atoms with Crippen molar-refractivity contribution >= 4 is 23.2 Å². The molecule has 3 rings (SSSR count). The monoisotopic (exact) mass is 357 g/mol. The van der Waals surface area contributed by atoms with Gasteiger partial charge in [0, 0.05) is 23.5 Å². The molecule has 0 aliphatic carbocycles. The third-order valence-electron chi connectivity index (χ3n) is 4.62. The van der Waals surface area contributed by atoms with Crippen LogP contribution in [-0.2, 0) is 16.0 Å². The van der Waals surface area contributed by atoms with Crippen LogP contribution in [0.3, 0.4) is 0 Å². The summed E-state index contributed by atoms with van der Waals surface area (Å²) in [6.07, 6.45) is 1.92. The normalized spacial score (nSPS) is 17.5. The van der Waals surface area contributed by atoms with Gasteiger partial charge in [-0.1, -0.05) is 29.8 Å². The van der Waals surface area contributed by atoms with E-state index in [1.165, 1.54) is 5.56 Å². The molecule has 0 spiro atoms. The Morgan fingerprint density at radius 2 is 2.00 bits per heavy atom. The van der Waals surface area contributed by atoms with E-state index in [1.54, 1.807) is 16.2 Å². The molecule has 2 N–H and O–H groups in total. The minimum Gasteiger partial charge on any atom is -0.369 e. The molecule has 2 heterocycles. The molecule has 0 saturated carbocycles. The van der Waals surface area contributed by atoms with Crippen LogP contribution in [0.2, 0.25) is 0 Å². The number of nitrogens with two attached hydrogens (primary N) is 1. The van der Waals surface area contributed by atoms with Crippen molar-refractivity contribution in [3.05, 3.63) is 39.7 Å². The minimum absolute atomic E-state index is 0.0444. The number of hydrogen-bond acceptors (Lipinski definition) is 4. The van der Waals surface area contributed by atoms with Gasteiger partial charge in [-0.25, -0.2) is 4.98 Å². The van der Waals surface area contributed by atoms with E-state index < -0.39 is 0 Å². The van der Waals surface area contributed by atoms with Gasteiger partial charge in [-0.15, -0.1) is 11.3 Å². The molecule has 0 radical (unpaired) electrons. The van der Waals surface area contributed by atoms with E-state index in [1.807, 2.05) is 26.0 Å². The summed E-state index contributed by atoms with van der Waals surface area (Å²) in [6, 6.07) is 8.19. The molecule has 1 aliphatic heterocycles. The Kier molecular flexibility index (Phi) is 5.18.